The summed E-state index contributed by atoms with van der Waals surface area (Å²) in [5, 5.41) is 3.25. The zero-order chi connectivity index (χ0) is 17.6. The van der Waals surface area contributed by atoms with Crippen molar-refractivity contribution in [2.45, 2.75) is 44.8 Å². The van der Waals surface area contributed by atoms with E-state index in [1.165, 1.54) is 12.1 Å². The molecule has 0 bridgehead atoms. The Balaban J connectivity index is 0.00000312. The molecular formula is C17H26Cl2F4N2O. The monoisotopic (exact) mass is 420 g/mol. The molecule has 0 saturated carbocycles. The molecule has 1 N–H and O–H groups in total. The number of piperazine rings is 1. The number of hydrogen-bond acceptors (Lipinski definition) is 3. The predicted octanol–water partition coefficient (Wildman–Crippen LogP) is 4.90. The van der Waals surface area contributed by atoms with Crippen molar-refractivity contribution in [2.75, 3.05) is 26.2 Å². The molecule has 0 radical (unpaired) electrons. The largest absolute Gasteiger partial charge is 0.461 e. The van der Waals surface area contributed by atoms with Gasteiger partial charge in [0.2, 0.25) is 0 Å². The first kappa shape index (κ1) is 25.2. The molecule has 0 amide bonds. The van der Waals surface area contributed by atoms with Gasteiger partial charge in [0, 0.05) is 37.8 Å². The number of hydrogen-bond donors (Lipinski definition) is 1. The fraction of sp³-hybridized carbons (Fsp3) is 0.647. The lowest BCUT2D eigenvalue weighted by atomic mass is 9.98. The molecule has 1 saturated heterocycles. The number of nitrogens with zero attached hydrogens (tertiary/aromatic N) is 1. The minimum Gasteiger partial charge on any atom is -0.428 e. The Morgan fingerprint density at radius 3 is 2.35 bits per heavy atom. The van der Waals surface area contributed by atoms with Crippen LogP contribution in [0.1, 0.15) is 37.8 Å². The van der Waals surface area contributed by atoms with E-state index < -0.39 is 12.5 Å². The lowest BCUT2D eigenvalue weighted by molar-refractivity contribution is -0.253. The molecule has 0 spiro atoms. The lowest BCUT2D eigenvalue weighted by Gasteiger charge is -2.36. The molecule has 1 aromatic rings. The average Bonchev–Trinajstić information content (AvgIpc) is 2.57. The summed E-state index contributed by atoms with van der Waals surface area (Å²) >= 11 is 0. The van der Waals surface area contributed by atoms with E-state index in [9.17, 15) is 17.6 Å². The average molecular weight is 421 g/mol. The quantitative estimate of drug-likeness (QED) is 0.605. The van der Waals surface area contributed by atoms with E-state index in [0.717, 1.165) is 45.4 Å². The van der Waals surface area contributed by atoms with Crippen LogP contribution in [-0.4, -0.2) is 43.6 Å². The summed E-state index contributed by atoms with van der Waals surface area (Å²) in [6, 6.07) is 6.17. The molecule has 3 nitrogen and oxygen atoms in total. The summed E-state index contributed by atoms with van der Waals surface area (Å²) in [6.07, 6.45) is -5.68. The Hall–Kier alpha value is -0.760. The van der Waals surface area contributed by atoms with Gasteiger partial charge >= 0.3 is 12.5 Å². The highest BCUT2D eigenvalue weighted by molar-refractivity contribution is 5.85. The molecule has 9 heteroatoms. The Labute approximate surface area is 164 Å². The number of para-hydroxylation sites is 1. The molecule has 1 aliphatic heterocycles. The second-order valence-corrected chi connectivity index (χ2v) is 5.95. The summed E-state index contributed by atoms with van der Waals surface area (Å²) < 4.78 is 56.2. The fourth-order valence-electron chi connectivity index (χ4n) is 2.97. The second kappa shape index (κ2) is 11.8. The number of nitrogens with one attached hydrogen (secondary N) is 1. The van der Waals surface area contributed by atoms with Crippen LogP contribution < -0.4 is 10.1 Å². The molecule has 0 unspecified atom stereocenters. The first-order chi connectivity index (χ1) is 11.5. The van der Waals surface area contributed by atoms with Gasteiger partial charge < -0.3 is 10.1 Å². The van der Waals surface area contributed by atoms with Crippen molar-refractivity contribution in [1.29, 1.82) is 0 Å². The number of rotatable bonds is 8. The molecule has 1 fully saturated rings. The van der Waals surface area contributed by atoms with Gasteiger partial charge in [0.25, 0.3) is 0 Å². The van der Waals surface area contributed by atoms with Gasteiger partial charge in [-0.25, -0.2) is 0 Å². The third-order valence-corrected chi connectivity index (χ3v) is 4.20. The lowest BCUT2D eigenvalue weighted by Crippen LogP contribution is -2.45. The first-order valence-electron chi connectivity index (χ1n) is 8.34. The van der Waals surface area contributed by atoms with Crippen LogP contribution in [0.2, 0.25) is 0 Å². The normalized spacial score (nSPS) is 16.5. The molecule has 2 rings (SSSR count). The van der Waals surface area contributed by atoms with Crippen molar-refractivity contribution in [2.24, 2.45) is 0 Å². The predicted molar refractivity (Wildman–Crippen MR) is 99.2 cm³/mol. The molecule has 0 aliphatic carbocycles. The van der Waals surface area contributed by atoms with E-state index in [1.807, 2.05) is 0 Å². The third kappa shape index (κ3) is 6.76. The van der Waals surface area contributed by atoms with E-state index >= 15 is 0 Å². The summed E-state index contributed by atoms with van der Waals surface area (Å²) in [7, 11) is 0. The molecule has 1 aliphatic rings. The van der Waals surface area contributed by atoms with Crippen LogP contribution in [-0.2, 0) is 0 Å². The van der Waals surface area contributed by atoms with E-state index in [-0.39, 0.29) is 36.6 Å². The highest BCUT2D eigenvalue weighted by atomic mass is 35.5. The number of benzene rings is 1. The molecule has 26 heavy (non-hydrogen) atoms. The molecule has 1 atom stereocenters. The summed E-state index contributed by atoms with van der Waals surface area (Å²) in [4.78, 5) is 2.20. The van der Waals surface area contributed by atoms with Crippen molar-refractivity contribution in [1.82, 2.24) is 10.2 Å². The standard InChI is InChI=1S/C17H24F4N2O.2ClH/c1-2-3-7-14(23-11-9-22-10-12-23)13-6-4-5-8-15(13)24-17(20,21)16(18)19;;/h4-6,8,14,16,22H,2-3,7,9-12H2,1H3;2*1H/t14-;;/m0../s1. The minimum absolute atomic E-state index is 0. The van der Waals surface area contributed by atoms with Gasteiger partial charge in [-0.15, -0.1) is 24.8 Å². The number of ether oxygens (including phenoxy) is 1. The van der Waals surface area contributed by atoms with Gasteiger partial charge in [-0.05, 0) is 12.5 Å². The van der Waals surface area contributed by atoms with Crippen LogP contribution in [0.15, 0.2) is 24.3 Å². The van der Waals surface area contributed by atoms with Crippen LogP contribution in [0.4, 0.5) is 17.6 Å². The van der Waals surface area contributed by atoms with Crippen LogP contribution >= 0.6 is 24.8 Å². The minimum atomic E-state index is -4.49. The highest BCUT2D eigenvalue weighted by Crippen LogP contribution is 2.37. The van der Waals surface area contributed by atoms with E-state index in [1.54, 1.807) is 12.1 Å². The summed E-state index contributed by atoms with van der Waals surface area (Å²) in [5.41, 5.74) is 0.549. The highest BCUT2D eigenvalue weighted by Gasteiger charge is 2.44. The molecule has 0 aromatic heterocycles. The number of alkyl halides is 4. The number of halogens is 6. The van der Waals surface area contributed by atoms with E-state index in [0.29, 0.717) is 5.56 Å². The second-order valence-electron chi connectivity index (χ2n) is 5.95. The van der Waals surface area contributed by atoms with E-state index in [4.69, 9.17) is 0 Å². The van der Waals surface area contributed by atoms with Crippen LogP contribution in [0.25, 0.3) is 0 Å². The fourth-order valence-corrected chi connectivity index (χ4v) is 2.97. The van der Waals surface area contributed by atoms with Crippen molar-refractivity contribution in [3.63, 3.8) is 0 Å². The maximum absolute atomic E-state index is 13.4. The van der Waals surface area contributed by atoms with Gasteiger partial charge in [0.15, 0.2) is 0 Å². The van der Waals surface area contributed by atoms with Gasteiger partial charge in [-0.1, -0.05) is 38.0 Å². The Morgan fingerprint density at radius 2 is 1.77 bits per heavy atom. The molecular weight excluding hydrogens is 395 g/mol. The first-order valence-corrected chi connectivity index (χ1v) is 8.34. The van der Waals surface area contributed by atoms with Gasteiger partial charge in [0.05, 0.1) is 0 Å². The molecule has 152 valence electrons. The SMILES string of the molecule is CCCC[C@@H](c1ccccc1OC(F)(F)C(F)F)N1CCNCC1.Cl.Cl. The van der Waals surface area contributed by atoms with Crippen molar-refractivity contribution >= 4 is 24.8 Å². The number of unbranched alkanes of at least 4 members (excludes halogenated alkanes) is 1. The summed E-state index contributed by atoms with van der Waals surface area (Å²) in [5.74, 6) is -0.164. The summed E-state index contributed by atoms with van der Waals surface area (Å²) in [6.45, 7) is 5.27. The Kier molecular flexibility index (Phi) is 11.5. The van der Waals surface area contributed by atoms with Gasteiger partial charge in [-0.3, -0.25) is 4.90 Å². The van der Waals surface area contributed by atoms with Crippen molar-refractivity contribution < 1.29 is 22.3 Å². The van der Waals surface area contributed by atoms with Crippen LogP contribution in [0.3, 0.4) is 0 Å². The maximum Gasteiger partial charge on any atom is 0.461 e. The Bertz CT molecular complexity index is 517. The Morgan fingerprint density at radius 1 is 1.15 bits per heavy atom. The van der Waals surface area contributed by atoms with Crippen LogP contribution in [0, 0.1) is 0 Å². The van der Waals surface area contributed by atoms with Crippen molar-refractivity contribution in [3.8, 4) is 5.75 Å². The van der Waals surface area contributed by atoms with Crippen molar-refractivity contribution in [3.05, 3.63) is 29.8 Å². The molecule has 1 aromatic carbocycles. The maximum atomic E-state index is 13.4. The molecule has 1 heterocycles. The van der Waals surface area contributed by atoms with Gasteiger partial charge in [0.1, 0.15) is 5.75 Å². The smallest absolute Gasteiger partial charge is 0.428 e. The van der Waals surface area contributed by atoms with Crippen LogP contribution in [0.5, 0.6) is 5.75 Å². The zero-order valence-electron chi connectivity index (χ0n) is 14.6. The zero-order valence-corrected chi connectivity index (χ0v) is 16.2. The topological polar surface area (TPSA) is 24.5 Å². The third-order valence-electron chi connectivity index (χ3n) is 4.20. The van der Waals surface area contributed by atoms with Gasteiger partial charge in [-0.2, -0.15) is 17.6 Å². The van der Waals surface area contributed by atoms with E-state index in [2.05, 4.69) is 21.9 Å².